The summed E-state index contributed by atoms with van der Waals surface area (Å²) in [6, 6.07) is 8.41. The molecule has 20 heavy (non-hydrogen) atoms. The summed E-state index contributed by atoms with van der Waals surface area (Å²) in [5.74, 6) is 0.383. The summed E-state index contributed by atoms with van der Waals surface area (Å²) in [4.78, 5) is 0.127. The van der Waals surface area contributed by atoms with Crippen LogP contribution < -0.4 is 5.32 Å². The number of benzene rings is 1. The molecule has 1 N–H and O–H groups in total. The molecule has 2 aliphatic rings. The molecule has 0 amide bonds. The Kier molecular flexibility index (Phi) is 3.28. The van der Waals surface area contributed by atoms with Crippen LogP contribution in [-0.2, 0) is 10.0 Å². The van der Waals surface area contributed by atoms with Crippen LogP contribution >= 0.6 is 0 Å². The molecule has 3 atom stereocenters. The Morgan fingerprint density at radius 1 is 1.35 bits per heavy atom. The number of rotatable bonds is 2. The Labute approximate surface area is 119 Å². The first kappa shape index (κ1) is 13.6. The predicted octanol–water partition coefficient (Wildman–Crippen LogP) is 0.929. The molecule has 0 aromatic heterocycles. The van der Waals surface area contributed by atoms with Gasteiger partial charge in [0, 0.05) is 18.6 Å². The van der Waals surface area contributed by atoms with E-state index in [1.807, 2.05) is 13.0 Å². The molecule has 0 spiro atoms. The zero-order chi connectivity index (χ0) is 14.3. The van der Waals surface area contributed by atoms with Crippen LogP contribution in [-0.4, -0.2) is 37.9 Å². The van der Waals surface area contributed by atoms with E-state index in [9.17, 15) is 8.42 Å². The zero-order valence-electron chi connectivity index (χ0n) is 11.3. The number of hydrogen-bond donors (Lipinski definition) is 1. The monoisotopic (exact) mass is 291 g/mol. The largest absolute Gasteiger partial charge is 0.315 e. The van der Waals surface area contributed by atoms with Crippen LogP contribution in [0.15, 0.2) is 29.2 Å². The van der Waals surface area contributed by atoms with Crippen molar-refractivity contribution in [3.05, 3.63) is 29.8 Å². The molecule has 5 nitrogen and oxygen atoms in total. The van der Waals surface area contributed by atoms with Gasteiger partial charge in [-0.25, -0.2) is 8.42 Å². The highest BCUT2D eigenvalue weighted by Crippen LogP contribution is 2.37. The summed E-state index contributed by atoms with van der Waals surface area (Å²) >= 11 is 0. The fourth-order valence-corrected chi connectivity index (χ4v) is 5.47. The molecular weight excluding hydrogens is 274 g/mol. The maximum Gasteiger partial charge on any atom is 0.244 e. The minimum Gasteiger partial charge on any atom is -0.315 e. The summed E-state index contributed by atoms with van der Waals surface area (Å²) in [6.07, 6.45) is 0.881. The molecule has 6 heteroatoms. The first-order valence-electron chi connectivity index (χ1n) is 6.79. The van der Waals surface area contributed by atoms with Gasteiger partial charge in [0.25, 0.3) is 0 Å². The zero-order valence-corrected chi connectivity index (χ0v) is 12.1. The van der Waals surface area contributed by atoms with Crippen molar-refractivity contribution in [3.63, 3.8) is 0 Å². The van der Waals surface area contributed by atoms with Crippen LogP contribution in [0.2, 0.25) is 0 Å². The quantitative estimate of drug-likeness (QED) is 0.879. The number of nitrogens with one attached hydrogen (secondary N) is 1. The molecule has 1 aromatic carbocycles. The normalized spacial score (nSPS) is 30.1. The summed E-state index contributed by atoms with van der Waals surface area (Å²) in [6.45, 7) is 3.52. The SMILES string of the molecule is CC1CC2CNCC2N1S(=O)(=O)c1ccccc1C#N. The van der Waals surface area contributed by atoms with Gasteiger partial charge in [0.2, 0.25) is 10.0 Å². The van der Waals surface area contributed by atoms with Crippen LogP contribution in [0.1, 0.15) is 18.9 Å². The molecular formula is C14H17N3O2S. The molecule has 0 aliphatic carbocycles. The average molecular weight is 291 g/mol. The molecule has 0 radical (unpaired) electrons. The van der Waals surface area contributed by atoms with Gasteiger partial charge in [-0.05, 0) is 37.9 Å². The van der Waals surface area contributed by atoms with Crippen molar-refractivity contribution in [3.8, 4) is 6.07 Å². The van der Waals surface area contributed by atoms with E-state index in [4.69, 9.17) is 5.26 Å². The molecule has 3 unspecified atom stereocenters. The molecule has 0 bridgehead atoms. The lowest BCUT2D eigenvalue weighted by Crippen LogP contribution is -2.42. The van der Waals surface area contributed by atoms with Crippen molar-refractivity contribution in [1.29, 1.82) is 5.26 Å². The molecule has 3 rings (SSSR count). The number of nitrogens with zero attached hydrogens (tertiary/aromatic N) is 2. The second kappa shape index (κ2) is 4.85. The fraction of sp³-hybridized carbons (Fsp3) is 0.500. The van der Waals surface area contributed by atoms with Gasteiger partial charge in [-0.15, -0.1) is 0 Å². The maximum atomic E-state index is 12.9. The van der Waals surface area contributed by atoms with E-state index in [0.29, 0.717) is 12.5 Å². The van der Waals surface area contributed by atoms with E-state index in [-0.39, 0.29) is 22.5 Å². The van der Waals surface area contributed by atoms with Gasteiger partial charge in [-0.3, -0.25) is 0 Å². The van der Waals surface area contributed by atoms with E-state index in [1.165, 1.54) is 6.07 Å². The predicted molar refractivity (Wildman–Crippen MR) is 74.4 cm³/mol. The van der Waals surface area contributed by atoms with Crippen molar-refractivity contribution in [1.82, 2.24) is 9.62 Å². The summed E-state index contributed by atoms with van der Waals surface area (Å²) < 4.78 is 27.4. The molecule has 2 saturated heterocycles. The summed E-state index contributed by atoms with van der Waals surface area (Å²) in [7, 11) is -3.61. The Balaban J connectivity index is 2.06. The van der Waals surface area contributed by atoms with Crippen molar-refractivity contribution >= 4 is 10.0 Å². The Morgan fingerprint density at radius 3 is 2.85 bits per heavy atom. The fourth-order valence-electron chi connectivity index (χ4n) is 3.44. The van der Waals surface area contributed by atoms with Gasteiger partial charge < -0.3 is 5.32 Å². The van der Waals surface area contributed by atoms with Crippen molar-refractivity contribution in [2.75, 3.05) is 13.1 Å². The van der Waals surface area contributed by atoms with Gasteiger partial charge in [0.15, 0.2) is 0 Å². The molecule has 2 fully saturated rings. The third-order valence-electron chi connectivity index (χ3n) is 4.27. The van der Waals surface area contributed by atoms with Crippen molar-refractivity contribution in [2.24, 2.45) is 5.92 Å². The van der Waals surface area contributed by atoms with Gasteiger partial charge in [0.05, 0.1) is 10.5 Å². The van der Waals surface area contributed by atoms with Gasteiger partial charge in [-0.1, -0.05) is 12.1 Å². The van der Waals surface area contributed by atoms with E-state index in [2.05, 4.69) is 5.32 Å². The topological polar surface area (TPSA) is 73.2 Å². The minimum atomic E-state index is -3.61. The maximum absolute atomic E-state index is 12.9. The Morgan fingerprint density at radius 2 is 2.10 bits per heavy atom. The molecule has 106 valence electrons. The summed E-state index contributed by atoms with van der Waals surface area (Å²) in [5.41, 5.74) is 0.217. The van der Waals surface area contributed by atoms with Crippen LogP contribution in [0.4, 0.5) is 0 Å². The first-order chi connectivity index (χ1) is 9.55. The van der Waals surface area contributed by atoms with Gasteiger partial charge in [0.1, 0.15) is 6.07 Å². The van der Waals surface area contributed by atoms with E-state index in [1.54, 1.807) is 22.5 Å². The van der Waals surface area contributed by atoms with Gasteiger partial charge in [-0.2, -0.15) is 9.57 Å². The van der Waals surface area contributed by atoms with Crippen LogP contribution in [0.25, 0.3) is 0 Å². The highest BCUT2D eigenvalue weighted by Gasteiger charge is 2.48. The van der Waals surface area contributed by atoms with E-state index >= 15 is 0 Å². The number of nitriles is 1. The highest BCUT2D eigenvalue weighted by atomic mass is 32.2. The van der Waals surface area contributed by atoms with Crippen molar-refractivity contribution < 1.29 is 8.42 Å². The molecule has 1 aromatic rings. The third kappa shape index (κ3) is 1.94. The third-order valence-corrected chi connectivity index (χ3v) is 6.37. The molecule has 2 heterocycles. The van der Waals surface area contributed by atoms with Crippen LogP contribution in [0.3, 0.4) is 0 Å². The second-order valence-electron chi connectivity index (χ2n) is 5.51. The Hall–Kier alpha value is -1.42. The van der Waals surface area contributed by atoms with E-state index < -0.39 is 10.0 Å². The number of sulfonamides is 1. The Bertz CT molecular complexity index is 665. The number of hydrogen-bond acceptors (Lipinski definition) is 4. The van der Waals surface area contributed by atoms with E-state index in [0.717, 1.165) is 13.0 Å². The summed E-state index contributed by atoms with van der Waals surface area (Å²) in [5, 5.41) is 12.4. The minimum absolute atomic E-state index is 0.0103. The smallest absolute Gasteiger partial charge is 0.244 e. The highest BCUT2D eigenvalue weighted by molar-refractivity contribution is 7.89. The lowest BCUT2D eigenvalue weighted by atomic mass is 10.0. The lowest BCUT2D eigenvalue weighted by Gasteiger charge is -2.27. The second-order valence-corrected chi connectivity index (χ2v) is 7.32. The molecule has 0 saturated carbocycles. The average Bonchev–Trinajstić information content (AvgIpc) is 2.97. The lowest BCUT2D eigenvalue weighted by molar-refractivity contribution is 0.335. The van der Waals surface area contributed by atoms with Crippen LogP contribution in [0, 0.1) is 17.2 Å². The molecule has 2 aliphatic heterocycles. The van der Waals surface area contributed by atoms with Crippen LogP contribution in [0.5, 0.6) is 0 Å². The van der Waals surface area contributed by atoms with Gasteiger partial charge >= 0.3 is 0 Å². The van der Waals surface area contributed by atoms with Crippen molar-refractivity contribution in [2.45, 2.75) is 30.3 Å². The standard InChI is InChI=1S/C14H17N3O2S/c1-10-6-12-8-16-9-13(12)17(10)20(18,19)14-5-3-2-4-11(14)7-15/h2-5,10,12-13,16H,6,8-9H2,1H3. The number of fused-ring (bicyclic) bond motifs is 1. The first-order valence-corrected chi connectivity index (χ1v) is 8.23.